The highest BCUT2D eigenvalue weighted by atomic mass is 16.6. The molecule has 51 heavy (non-hydrogen) atoms. The highest BCUT2D eigenvalue weighted by Crippen LogP contribution is 2.38. The van der Waals surface area contributed by atoms with Crippen LogP contribution in [0.5, 0.6) is 0 Å². The van der Waals surface area contributed by atoms with E-state index in [0.717, 1.165) is 93.5 Å². The van der Waals surface area contributed by atoms with Crippen LogP contribution in [0.3, 0.4) is 0 Å². The number of likely N-dealkylation sites (tertiary alicyclic amines) is 1. The van der Waals surface area contributed by atoms with Gasteiger partial charge in [0, 0.05) is 77.0 Å². The number of piperazine rings is 1. The number of rotatable bonds is 7. The van der Waals surface area contributed by atoms with Gasteiger partial charge in [-0.25, -0.2) is 14.8 Å². The van der Waals surface area contributed by atoms with Gasteiger partial charge in [-0.3, -0.25) is 9.69 Å². The second kappa shape index (κ2) is 15.0. The van der Waals surface area contributed by atoms with Crippen LogP contribution in [0.2, 0.25) is 0 Å². The van der Waals surface area contributed by atoms with Crippen molar-refractivity contribution in [3.63, 3.8) is 0 Å². The van der Waals surface area contributed by atoms with Crippen LogP contribution in [-0.2, 0) is 4.74 Å². The van der Waals surface area contributed by atoms with E-state index < -0.39 is 5.60 Å². The average Bonchev–Trinajstić information content (AvgIpc) is 3.79. The van der Waals surface area contributed by atoms with Crippen molar-refractivity contribution in [3.8, 4) is 0 Å². The molecule has 0 aromatic carbocycles. The maximum Gasteiger partial charge on any atom is 0.410 e. The highest BCUT2D eigenvalue weighted by Gasteiger charge is 2.35. The van der Waals surface area contributed by atoms with E-state index in [-0.39, 0.29) is 18.0 Å². The van der Waals surface area contributed by atoms with E-state index in [1.54, 1.807) is 25.2 Å². The predicted octanol–water partition coefficient (Wildman–Crippen LogP) is 6.71. The third-order valence-corrected chi connectivity index (χ3v) is 11.7. The van der Waals surface area contributed by atoms with E-state index in [9.17, 15) is 9.59 Å². The van der Waals surface area contributed by atoms with Gasteiger partial charge in [0.05, 0.1) is 11.9 Å². The molecule has 3 aromatic heterocycles. The van der Waals surface area contributed by atoms with Crippen molar-refractivity contribution in [2.45, 2.75) is 103 Å². The third-order valence-electron chi connectivity index (χ3n) is 11.7. The first-order valence-corrected chi connectivity index (χ1v) is 19.3. The van der Waals surface area contributed by atoms with E-state index in [1.165, 1.54) is 38.5 Å². The minimum atomic E-state index is -0.436. The first kappa shape index (κ1) is 35.5. The number of fused-ring (bicyclic) bond motifs is 1. The zero-order chi connectivity index (χ0) is 35.7. The Labute approximate surface area is 302 Å². The van der Waals surface area contributed by atoms with Gasteiger partial charge < -0.3 is 29.3 Å². The Morgan fingerprint density at radius 1 is 0.824 bits per heavy atom. The predicted molar refractivity (Wildman–Crippen MR) is 201 cm³/mol. The van der Waals surface area contributed by atoms with Crippen LogP contribution in [0.25, 0.3) is 11.0 Å². The Morgan fingerprint density at radius 3 is 2.14 bits per heavy atom. The van der Waals surface area contributed by atoms with Crippen molar-refractivity contribution in [1.82, 2.24) is 34.2 Å². The van der Waals surface area contributed by atoms with Crippen molar-refractivity contribution >= 4 is 40.5 Å². The molecule has 7 rings (SSSR count). The summed E-state index contributed by atoms with van der Waals surface area (Å²) in [6, 6.07) is 7.03. The fraction of sp³-hybridized carbons (Fsp3) is 0.667. The lowest BCUT2D eigenvalue weighted by Crippen LogP contribution is -2.51. The number of aromatic nitrogens is 4. The SMILES string of the molecule is CN(C)C(=O)c1cc2cnc(Nc3ccc(N4CCN(C5CCC(C6CCN(C(=O)OC(C)(C)C)CC6)CC5)CC4)cn3)nc2n1C1CCCC1. The van der Waals surface area contributed by atoms with Gasteiger partial charge in [-0.1, -0.05) is 12.8 Å². The topological polar surface area (TPSA) is 112 Å². The molecule has 12 nitrogen and oxygen atoms in total. The number of nitrogens with zero attached hydrogens (tertiary/aromatic N) is 8. The molecule has 4 fully saturated rings. The minimum Gasteiger partial charge on any atom is -0.444 e. The summed E-state index contributed by atoms with van der Waals surface area (Å²) in [4.78, 5) is 48.4. The van der Waals surface area contributed by atoms with Crippen molar-refractivity contribution in [1.29, 1.82) is 0 Å². The summed E-state index contributed by atoms with van der Waals surface area (Å²) in [6.07, 6.45) is 15.4. The van der Waals surface area contributed by atoms with Gasteiger partial charge in [-0.2, -0.15) is 4.98 Å². The molecule has 2 saturated heterocycles. The van der Waals surface area contributed by atoms with Crippen LogP contribution in [0, 0.1) is 11.8 Å². The van der Waals surface area contributed by atoms with E-state index >= 15 is 0 Å². The molecular formula is C39H57N9O3. The number of piperidine rings is 1. The maximum absolute atomic E-state index is 13.1. The van der Waals surface area contributed by atoms with Gasteiger partial charge >= 0.3 is 6.09 Å². The second-order valence-corrected chi connectivity index (χ2v) is 16.4. The number of ether oxygens (including phenoxy) is 1. The Morgan fingerprint density at radius 2 is 1.51 bits per heavy atom. The number of carbonyl (C=O) groups is 2. The van der Waals surface area contributed by atoms with Gasteiger partial charge in [-0.15, -0.1) is 0 Å². The summed E-state index contributed by atoms with van der Waals surface area (Å²) >= 11 is 0. The largest absolute Gasteiger partial charge is 0.444 e. The normalized spacial score (nSPS) is 22.8. The zero-order valence-electron chi connectivity index (χ0n) is 31.3. The molecule has 3 aromatic rings. The van der Waals surface area contributed by atoms with Crippen LogP contribution >= 0.6 is 0 Å². The second-order valence-electron chi connectivity index (χ2n) is 16.4. The maximum atomic E-state index is 13.1. The quantitative estimate of drug-likeness (QED) is 0.288. The van der Waals surface area contributed by atoms with Crippen molar-refractivity contribution in [3.05, 3.63) is 36.3 Å². The molecule has 0 atom stereocenters. The van der Waals surface area contributed by atoms with Gasteiger partial charge in [-0.05, 0) is 102 Å². The van der Waals surface area contributed by atoms with Gasteiger partial charge in [0.25, 0.3) is 5.91 Å². The van der Waals surface area contributed by atoms with Gasteiger partial charge in [0.15, 0.2) is 0 Å². The Bertz CT molecular complexity index is 1650. The number of nitrogens with one attached hydrogen (secondary N) is 1. The number of hydrogen-bond donors (Lipinski definition) is 1. The summed E-state index contributed by atoms with van der Waals surface area (Å²) in [6.45, 7) is 11.6. The summed E-state index contributed by atoms with van der Waals surface area (Å²) in [5.41, 5.74) is 2.18. The highest BCUT2D eigenvalue weighted by molar-refractivity contribution is 5.98. The number of carbonyl (C=O) groups excluding carboxylic acids is 2. The molecule has 2 aliphatic heterocycles. The zero-order valence-corrected chi connectivity index (χ0v) is 31.3. The van der Waals surface area contributed by atoms with Crippen LogP contribution in [0.15, 0.2) is 30.6 Å². The Kier molecular flexibility index (Phi) is 10.4. The summed E-state index contributed by atoms with van der Waals surface area (Å²) < 4.78 is 7.74. The van der Waals surface area contributed by atoms with Gasteiger partial charge in [0.1, 0.15) is 22.8 Å². The standard InChI is InChI=1S/C39H57N9O3/c1-39(2,3)51-38(50)47-18-16-28(17-19-47)27-10-12-30(13-11-27)45-20-22-46(23-21-45)32-14-15-34(40-26-32)42-37-41-25-29-24-33(36(49)44(4)5)48(35(29)43-37)31-8-6-7-9-31/h14-15,24-28,30-31H,6-13,16-23H2,1-5H3,(H,40,41,42,43). The van der Waals surface area contributed by atoms with E-state index in [0.29, 0.717) is 23.5 Å². The Hall–Kier alpha value is -3.93. The molecule has 0 bridgehead atoms. The molecule has 0 unspecified atom stereocenters. The number of amides is 2. The molecule has 2 amide bonds. The molecule has 12 heteroatoms. The van der Waals surface area contributed by atoms with Crippen molar-refractivity contribution in [2.24, 2.45) is 11.8 Å². The first-order valence-electron chi connectivity index (χ1n) is 19.3. The van der Waals surface area contributed by atoms with E-state index in [4.69, 9.17) is 14.7 Å². The molecule has 0 radical (unpaired) electrons. The number of anilines is 3. The lowest BCUT2D eigenvalue weighted by Gasteiger charge is -2.44. The molecule has 5 heterocycles. The van der Waals surface area contributed by atoms with Crippen LogP contribution in [-0.4, -0.2) is 111 Å². The van der Waals surface area contributed by atoms with Gasteiger partial charge in [0.2, 0.25) is 5.95 Å². The number of pyridine rings is 1. The fourth-order valence-electron chi connectivity index (χ4n) is 8.92. The third kappa shape index (κ3) is 8.10. The molecule has 1 N–H and O–H groups in total. The Balaban J connectivity index is 0.890. The summed E-state index contributed by atoms with van der Waals surface area (Å²) in [5.74, 6) is 2.70. The fourth-order valence-corrected chi connectivity index (χ4v) is 8.92. The first-order chi connectivity index (χ1) is 24.5. The molecule has 2 aliphatic carbocycles. The van der Waals surface area contributed by atoms with Crippen molar-refractivity contribution < 1.29 is 14.3 Å². The summed E-state index contributed by atoms with van der Waals surface area (Å²) in [7, 11) is 3.59. The molecule has 2 saturated carbocycles. The van der Waals surface area contributed by atoms with Crippen LogP contribution < -0.4 is 10.2 Å². The van der Waals surface area contributed by atoms with Crippen LogP contribution in [0.1, 0.15) is 102 Å². The minimum absolute atomic E-state index is 0.00897. The van der Waals surface area contributed by atoms with E-state index in [2.05, 4.69) is 30.7 Å². The van der Waals surface area contributed by atoms with E-state index in [1.807, 2.05) is 44.0 Å². The monoisotopic (exact) mass is 699 g/mol. The van der Waals surface area contributed by atoms with Crippen molar-refractivity contribution in [2.75, 3.05) is 63.6 Å². The molecule has 4 aliphatic rings. The molecule has 276 valence electrons. The van der Waals surface area contributed by atoms with Crippen LogP contribution in [0.4, 0.5) is 22.2 Å². The smallest absolute Gasteiger partial charge is 0.410 e. The molecule has 0 spiro atoms. The summed E-state index contributed by atoms with van der Waals surface area (Å²) in [5, 5.41) is 4.19. The number of hydrogen-bond acceptors (Lipinski definition) is 9. The lowest BCUT2D eigenvalue weighted by atomic mass is 9.74. The average molecular weight is 700 g/mol. The lowest BCUT2D eigenvalue weighted by molar-refractivity contribution is 0.0134. The molecular weight excluding hydrogens is 642 g/mol.